The number of hydrogen-bond acceptors (Lipinski definition) is 2. The number of rotatable bonds is 2. The van der Waals surface area contributed by atoms with Crippen LogP contribution in [0.5, 0.6) is 5.75 Å². The van der Waals surface area contributed by atoms with E-state index in [1.165, 1.54) is 19.3 Å². The van der Waals surface area contributed by atoms with Gasteiger partial charge in [-0.3, -0.25) is 0 Å². The van der Waals surface area contributed by atoms with Crippen LogP contribution in [0.15, 0.2) is 24.3 Å². The van der Waals surface area contributed by atoms with E-state index in [1.54, 1.807) is 12.1 Å². The van der Waals surface area contributed by atoms with Crippen LogP contribution < -0.4 is 5.32 Å². The first-order valence-corrected chi connectivity index (χ1v) is 7.52. The zero-order valence-corrected chi connectivity index (χ0v) is 12.1. The van der Waals surface area contributed by atoms with Crippen molar-refractivity contribution in [2.45, 2.75) is 45.1 Å². The minimum absolute atomic E-state index is 0.0253. The van der Waals surface area contributed by atoms with Crippen LogP contribution >= 0.6 is 0 Å². The lowest BCUT2D eigenvalue weighted by atomic mass is 10.1. The molecule has 2 rings (SSSR count). The van der Waals surface area contributed by atoms with E-state index in [4.69, 9.17) is 0 Å². The molecule has 2 amide bonds. The first-order valence-electron chi connectivity index (χ1n) is 7.52. The summed E-state index contributed by atoms with van der Waals surface area (Å²) in [4.78, 5) is 14.2. The molecule has 1 heterocycles. The third-order valence-electron chi connectivity index (χ3n) is 3.89. The lowest BCUT2D eigenvalue weighted by Crippen LogP contribution is -2.42. The summed E-state index contributed by atoms with van der Waals surface area (Å²) in [7, 11) is 0. The van der Waals surface area contributed by atoms with Gasteiger partial charge in [-0.25, -0.2) is 4.79 Å². The van der Waals surface area contributed by atoms with Crippen LogP contribution in [0, 0.1) is 0 Å². The number of para-hydroxylation sites is 1. The second-order valence-corrected chi connectivity index (χ2v) is 5.48. The number of carbonyl (C=O) groups is 1. The lowest BCUT2D eigenvalue weighted by molar-refractivity contribution is 0.189. The van der Waals surface area contributed by atoms with Gasteiger partial charge in [0.05, 0.1) is 6.04 Å². The molecule has 0 spiro atoms. The molecule has 1 aromatic carbocycles. The highest BCUT2D eigenvalue weighted by Crippen LogP contribution is 2.23. The summed E-state index contributed by atoms with van der Waals surface area (Å²) in [6.07, 6.45) is 5.86. The van der Waals surface area contributed by atoms with Crippen molar-refractivity contribution in [3.8, 4) is 5.75 Å². The Hall–Kier alpha value is -1.71. The molecule has 20 heavy (non-hydrogen) atoms. The van der Waals surface area contributed by atoms with Gasteiger partial charge in [-0.2, -0.15) is 0 Å². The van der Waals surface area contributed by atoms with Crippen molar-refractivity contribution in [2.24, 2.45) is 0 Å². The van der Waals surface area contributed by atoms with Crippen LogP contribution in [0.3, 0.4) is 0 Å². The van der Waals surface area contributed by atoms with Crippen molar-refractivity contribution in [1.29, 1.82) is 0 Å². The molecule has 0 aromatic heterocycles. The van der Waals surface area contributed by atoms with Crippen molar-refractivity contribution < 1.29 is 9.90 Å². The molecule has 0 radical (unpaired) electrons. The van der Waals surface area contributed by atoms with Gasteiger partial charge in [-0.05, 0) is 25.8 Å². The molecular formula is C16H24N2O2. The van der Waals surface area contributed by atoms with E-state index in [2.05, 4.69) is 5.32 Å². The number of amides is 2. The highest BCUT2D eigenvalue weighted by atomic mass is 16.3. The molecule has 110 valence electrons. The van der Waals surface area contributed by atoms with Crippen molar-refractivity contribution in [3.63, 3.8) is 0 Å². The average molecular weight is 276 g/mol. The van der Waals surface area contributed by atoms with E-state index >= 15 is 0 Å². The summed E-state index contributed by atoms with van der Waals surface area (Å²) >= 11 is 0. The Labute approximate surface area is 120 Å². The van der Waals surface area contributed by atoms with Crippen molar-refractivity contribution in [2.75, 3.05) is 13.1 Å². The predicted octanol–water partition coefficient (Wildman–Crippen LogP) is 3.43. The lowest BCUT2D eigenvalue weighted by Gasteiger charge is -2.27. The number of phenolic OH excluding ortho intramolecular Hbond substituents is 1. The predicted molar refractivity (Wildman–Crippen MR) is 79.7 cm³/mol. The van der Waals surface area contributed by atoms with Gasteiger partial charge >= 0.3 is 6.03 Å². The molecule has 1 saturated heterocycles. The van der Waals surface area contributed by atoms with Crippen LogP contribution in [0.2, 0.25) is 0 Å². The summed E-state index contributed by atoms with van der Waals surface area (Å²) < 4.78 is 0. The molecule has 1 atom stereocenters. The van der Waals surface area contributed by atoms with Crippen molar-refractivity contribution >= 4 is 6.03 Å². The maximum atomic E-state index is 12.3. The van der Waals surface area contributed by atoms with Gasteiger partial charge in [-0.15, -0.1) is 0 Å². The Kier molecular flexibility index (Phi) is 5.27. The Balaban J connectivity index is 1.94. The van der Waals surface area contributed by atoms with E-state index in [1.807, 2.05) is 24.0 Å². The zero-order chi connectivity index (χ0) is 14.4. The largest absolute Gasteiger partial charge is 0.508 e. The van der Waals surface area contributed by atoms with Crippen LogP contribution in [-0.2, 0) is 0 Å². The number of benzene rings is 1. The van der Waals surface area contributed by atoms with Gasteiger partial charge in [0.25, 0.3) is 0 Å². The van der Waals surface area contributed by atoms with Crippen LogP contribution in [0.4, 0.5) is 4.79 Å². The van der Waals surface area contributed by atoms with Gasteiger partial charge in [-0.1, -0.05) is 37.5 Å². The SMILES string of the molecule is C[C@H](NC(=O)N1CCCCCCC1)c1ccccc1O. The monoisotopic (exact) mass is 276 g/mol. The summed E-state index contributed by atoms with van der Waals surface area (Å²) in [6, 6.07) is 6.93. The Morgan fingerprint density at radius 1 is 1.15 bits per heavy atom. The second kappa shape index (κ2) is 7.17. The molecule has 0 aliphatic carbocycles. The molecular weight excluding hydrogens is 252 g/mol. The van der Waals surface area contributed by atoms with E-state index in [9.17, 15) is 9.90 Å². The van der Waals surface area contributed by atoms with Gasteiger partial charge < -0.3 is 15.3 Å². The van der Waals surface area contributed by atoms with Gasteiger partial charge in [0.15, 0.2) is 0 Å². The molecule has 4 heteroatoms. The number of hydrogen-bond donors (Lipinski definition) is 2. The molecule has 0 saturated carbocycles. The highest BCUT2D eigenvalue weighted by molar-refractivity contribution is 5.74. The Bertz CT molecular complexity index is 440. The Morgan fingerprint density at radius 3 is 2.40 bits per heavy atom. The Morgan fingerprint density at radius 2 is 1.75 bits per heavy atom. The van der Waals surface area contributed by atoms with E-state index in [-0.39, 0.29) is 17.8 Å². The summed E-state index contributed by atoms with van der Waals surface area (Å²) in [6.45, 7) is 3.57. The molecule has 1 aliphatic rings. The summed E-state index contributed by atoms with van der Waals surface area (Å²) in [5.74, 6) is 0.230. The van der Waals surface area contributed by atoms with E-state index < -0.39 is 0 Å². The minimum Gasteiger partial charge on any atom is -0.508 e. The molecule has 1 aliphatic heterocycles. The third-order valence-corrected chi connectivity index (χ3v) is 3.89. The minimum atomic E-state index is -0.186. The second-order valence-electron chi connectivity index (χ2n) is 5.48. The highest BCUT2D eigenvalue weighted by Gasteiger charge is 2.18. The maximum Gasteiger partial charge on any atom is 0.317 e. The fraction of sp³-hybridized carbons (Fsp3) is 0.562. The molecule has 4 nitrogen and oxygen atoms in total. The summed E-state index contributed by atoms with van der Waals surface area (Å²) in [5.41, 5.74) is 0.757. The smallest absolute Gasteiger partial charge is 0.317 e. The normalized spacial score (nSPS) is 17.9. The number of likely N-dealkylation sites (tertiary alicyclic amines) is 1. The zero-order valence-electron chi connectivity index (χ0n) is 12.1. The number of phenols is 1. The molecule has 0 bridgehead atoms. The quantitative estimate of drug-likeness (QED) is 0.869. The number of urea groups is 1. The first-order chi connectivity index (χ1) is 9.68. The summed E-state index contributed by atoms with van der Waals surface area (Å²) in [5, 5.41) is 12.8. The van der Waals surface area contributed by atoms with Gasteiger partial charge in [0.1, 0.15) is 5.75 Å². The fourth-order valence-corrected chi connectivity index (χ4v) is 2.66. The standard InChI is InChI=1S/C16H24N2O2/c1-13(14-9-5-6-10-15(14)19)17-16(20)18-11-7-3-2-4-8-12-18/h5-6,9-10,13,19H,2-4,7-8,11-12H2,1H3,(H,17,20)/t13-/m0/s1. The van der Waals surface area contributed by atoms with Crippen LogP contribution in [0.1, 0.15) is 50.6 Å². The molecule has 1 aromatic rings. The van der Waals surface area contributed by atoms with E-state index in [0.717, 1.165) is 31.5 Å². The molecule has 2 N–H and O–H groups in total. The van der Waals surface area contributed by atoms with Crippen molar-refractivity contribution in [3.05, 3.63) is 29.8 Å². The third kappa shape index (κ3) is 3.89. The topological polar surface area (TPSA) is 52.6 Å². The number of carbonyl (C=O) groups excluding carboxylic acids is 1. The van der Waals surface area contributed by atoms with Crippen molar-refractivity contribution in [1.82, 2.24) is 10.2 Å². The van der Waals surface area contributed by atoms with Crippen LogP contribution in [-0.4, -0.2) is 29.1 Å². The number of aromatic hydroxyl groups is 1. The average Bonchev–Trinajstić information content (AvgIpc) is 2.38. The first kappa shape index (κ1) is 14.7. The molecule has 0 unspecified atom stereocenters. The number of nitrogens with one attached hydrogen (secondary N) is 1. The van der Waals surface area contributed by atoms with Crippen LogP contribution in [0.25, 0.3) is 0 Å². The number of nitrogens with zero attached hydrogens (tertiary/aromatic N) is 1. The molecule has 1 fully saturated rings. The maximum absolute atomic E-state index is 12.3. The van der Waals surface area contributed by atoms with Gasteiger partial charge in [0.2, 0.25) is 0 Å². The van der Waals surface area contributed by atoms with E-state index in [0.29, 0.717) is 0 Å². The fourth-order valence-electron chi connectivity index (χ4n) is 2.66. The van der Waals surface area contributed by atoms with Gasteiger partial charge in [0, 0.05) is 18.7 Å².